The van der Waals surface area contributed by atoms with Gasteiger partial charge in [-0.3, -0.25) is 0 Å². The minimum atomic E-state index is 0.430. The molecule has 0 N–H and O–H groups in total. The van der Waals surface area contributed by atoms with E-state index in [0.717, 1.165) is 5.69 Å². The second kappa shape index (κ2) is 3.69. The van der Waals surface area contributed by atoms with Gasteiger partial charge in [0, 0.05) is 7.11 Å². The van der Waals surface area contributed by atoms with E-state index < -0.39 is 0 Å². The van der Waals surface area contributed by atoms with Gasteiger partial charge in [0.25, 0.3) is 0 Å². The number of ether oxygens (including phenoxy) is 1. The fourth-order valence-electron chi connectivity index (χ4n) is 0.770. The highest BCUT2D eigenvalue weighted by molar-refractivity contribution is 5.21. The van der Waals surface area contributed by atoms with Gasteiger partial charge in [0.15, 0.2) is 0 Å². The number of nitrogens with zero attached hydrogens (tertiary/aromatic N) is 2. The normalized spacial score (nSPS) is 9.09. The third-order valence-corrected chi connectivity index (χ3v) is 1.21. The summed E-state index contributed by atoms with van der Waals surface area (Å²) in [6, 6.07) is 7.24. The zero-order chi connectivity index (χ0) is 8.10. The molecule has 3 heteroatoms. The van der Waals surface area contributed by atoms with Gasteiger partial charge in [-0.25, -0.2) is 4.98 Å². The first-order valence-electron chi connectivity index (χ1n) is 3.22. The average Bonchev–Trinajstić information content (AvgIpc) is 2.06. The molecular weight excluding hydrogens is 140 g/mol. The summed E-state index contributed by atoms with van der Waals surface area (Å²) in [7, 11) is 1.60. The number of pyridine rings is 1. The van der Waals surface area contributed by atoms with Gasteiger partial charge in [-0.2, -0.15) is 5.26 Å². The lowest BCUT2D eigenvalue weighted by molar-refractivity contribution is 0.181. The van der Waals surface area contributed by atoms with E-state index in [-0.39, 0.29) is 0 Å². The van der Waals surface area contributed by atoms with Crippen LogP contribution in [0.25, 0.3) is 0 Å². The van der Waals surface area contributed by atoms with Crippen molar-refractivity contribution in [1.29, 1.82) is 5.26 Å². The first-order chi connectivity index (χ1) is 5.36. The Balaban J connectivity index is 2.85. The lowest BCUT2D eigenvalue weighted by Gasteiger charge is -1.96. The molecule has 11 heavy (non-hydrogen) atoms. The predicted molar refractivity (Wildman–Crippen MR) is 39.7 cm³/mol. The summed E-state index contributed by atoms with van der Waals surface area (Å²) in [6.07, 6.45) is 0. The van der Waals surface area contributed by atoms with Crippen molar-refractivity contribution < 1.29 is 4.74 Å². The number of hydrogen-bond acceptors (Lipinski definition) is 3. The van der Waals surface area contributed by atoms with Crippen LogP contribution in [0.5, 0.6) is 0 Å². The second-order valence-corrected chi connectivity index (χ2v) is 2.06. The van der Waals surface area contributed by atoms with E-state index in [9.17, 15) is 0 Å². The molecule has 0 aliphatic rings. The van der Waals surface area contributed by atoms with Crippen LogP contribution in [-0.4, -0.2) is 12.1 Å². The van der Waals surface area contributed by atoms with Gasteiger partial charge in [-0.15, -0.1) is 0 Å². The number of rotatable bonds is 2. The maximum absolute atomic E-state index is 8.48. The molecule has 0 aliphatic carbocycles. The molecule has 0 aromatic carbocycles. The molecule has 0 fully saturated rings. The summed E-state index contributed by atoms with van der Waals surface area (Å²) in [5.74, 6) is 0. The fourth-order valence-corrected chi connectivity index (χ4v) is 0.770. The zero-order valence-electron chi connectivity index (χ0n) is 6.24. The average molecular weight is 148 g/mol. The summed E-state index contributed by atoms with van der Waals surface area (Å²) in [4.78, 5) is 3.99. The fraction of sp³-hybridized carbons (Fsp3) is 0.250. The first kappa shape index (κ1) is 7.70. The Labute approximate surface area is 65.3 Å². The summed E-state index contributed by atoms with van der Waals surface area (Å²) in [6.45, 7) is 0.454. The monoisotopic (exact) mass is 148 g/mol. The van der Waals surface area contributed by atoms with Gasteiger partial charge < -0.3 is 4.74 Å². The molecule has 0 saturated heterocycles. The third kappa shape index (κ3) is 2.03. The lowest BCUT2D eigenvalue weighted by Crippen LogP contribution is -1.93. The molecule has 0 aliphatic heterocycles. The standard InChI is InChI=1S/C8H8N2O/c1-11-6-8-4-2-3-7(5-9)10-8/h2-4H,6H2,1H3. The Morgan fingerprint density at radius 2 is 2.45 bits per heavy atom. The Bertz CT molecular complexity index is 278. The van der Waals surface area contributed by atoms with Crippen molar-refractivity contribution >= 4 is 0 Å². The molecule has 1 heterocycles. The van der Waals surface area contributed by atoms with Crippen LogP contribution in [-0.2, 0) is 11.3 Å². The lowest BCUT2D eigenvalue weighted by atomic mass is 10.3. The molecule has 1 rings (SSSR count). The van der Waals surface area contributed by atoms with Crippen molar-refractivity contribution in [2.75, 3.05) is 7.11 Å². The molecule has 56 valence electrons. The van der Waals surface area contributed by atoms with Crippen LogP contribution in [0.4, 0.5) is 0 Å². The minimum absolute atomic E-state index is 0.430. The molecule has 0 bridgehead atoms. The zero-order valence-corrected chi connectivity index (χ0v) is 6.24. The van der Waals surface area contributed by atoms with Gasteiger partial charge in [0.2, 0.25) is 0 Å². The van der Waals surface area contributed by atoms with Crippen molar-refractivity contribution in [2.45, 2.75) is 6.61 Å². The van der Waals surface area contributed by atoms with E-state index in [1.807, 2.05) is 12.1 Å². The number of nitriles is 1. The van der Waals surface area contributed by atoms with E-state index >= 15 is 0 Å². The molecule has 0 radical (unpaired) electrons. The number of methoxy groups -OCH3 is 1. The van der Waals surface area contributed by atoms with Crippen LogP contribution in [0.1, 0.15) is 11.4 Å². The summed E-state index contributed by atoms with van der Waals surface area (Å²) in [5, 5.41) is 8.48. The van der Waals surface area contributed by atoms with Gasteiger partial charge in [-0.05, 0) is 12.1 Å². The summed E-state index contributed by atoms with van der Waals surface area (Å²) >= 11 is 0. The molecular formula is C8H8N2O. The summed E-state index contributed by atoms with van der Waals surface area (Å²) < 4.78 is 4.86. The van der Waals surface area contributed by atoms with Crippen molar-refractivity contribution in [1.82, 2.24) is 4.98 Å². The number of aromatic nitrogens is 1. The summed E-state index contributed by atoms with van der Waals surface area (Å²) in [5.41, 5.74) is 1.21. The van der Waals surface area contributed by atoms with Crippen molar-refractivity contribution in [3.05, 3.63) is 29.6 Å². The quantitative estimate of drug-likeness (QED) is 0.630. The minimum Gasteiger partial charge on any atom is -0.378 e. The van der Waals surface area contributed by atoms with Gasteiger partial charge in [0.05, 0.1) is 12.3 Å². The van der Waals surface area contributed by atoms with Crippen LogP contribution in [0.2, 0.25) is 0 Å². The molecule has 0 amide bonds. The van der Waals surface area contributed by atoms with Crippen LogP contribution in [0, 0.1) is 11.3 Å². The first-order valence-corrected chi connectivity index (χ1v) is 3.22. The van der Waals surface area contributed by atoms with E-state index in [2.05, 4.69) is 4.98 Å². The SMILES string of the molecule is COCc1cccc(C#N)n1. The Morgan fingerprint density at radius 1 is 1.64 bits per heavy atom. The van der Waals surface area contributed by atoms with E-state index in [4.69, 9.17) is 10.00 Å². The maximum atomic E-state index is 8.48. The molecule has 1 aromatic rings. The van der Waals surface area contributed by atoms with Gasteiger partial charge in [-0.1, -0.05) is 6.07 Å². The topological polar surface area (TPSA) is 45.9 Å². The smallest absolute Gasteiger partial charge is 0.140 e. The Kier molecular flexibility index (Phi) is 2.59. The van der Waals surface area contributed by atoms with Crippen molar-refractivity contribution in [3.63, 3.8) is 0 Å². The molecule has 0 saturated carbocycles. The van der Waals surface area contributed by atoms with Gasteiger partial charge in [0.1, 0.15) is 11.8 Å². The molecule has 0 unspecified atom stereocenters. The van der Waals surface area contributed by atoms with Crippen LogP contribution in [0.3, 0.4) is 0 Å². The van der Waals surface area contributed by atoms with E-state index in [1.54, 1.807) is 19.2 Å². The van der Waals surface area contributed by atoms with Crippen LogP contribution in [0.15, 0.2) is 18.2 Å². The van der Waals surface area contributed by atoms with Crippen molar-refractivity contribution in [2.24, 2.45) is 0 Å². The van der Waals surface area contributed by atoms with E-state index in [0.29, 0.717) is 12.3 Å². The van der Waals surface area contributed by atoms with Crippen LogP contribution < -0.4 is 0 Å². The second-order valence-electron chi connectivity index (χ2n) is 2.06. The van der Waals surface area contributed by atoms with Crippen LogP contribution >= 0.6 is 0 Å². The Morgan fingerprint density at radius 3 is 3.09 bits per heavy atom. The molecule has 3 nitrogen and oxygen atoms in total. The number of hydrogen-bond donors (Lipinski definition) is 0. The highest BCUT2D eigenvalue weighted by Crippen LogP contribution is 1.98. The molecule has 0 atom stereocenters. The molecule has 1 aromatic heterocycles. The largest absolute Gasteiger partial charge is 0.378 e. The van der Waals surface area contributed by atoms with Gasteiger partial charge >= 0.3 is 0 Å². The maximum Gasteiger partial charge on any atom is 0.140 e. The molecule has 0 spiro atoms. The highest BCUT2D eigenvalue weighted by Gasteiger charge is 1.94. The predicted octanol–water partition coefficient (Wildman–Crippen LogP) is 1.10. The highest BCUT2D eigenvalue weighted by atomic mass is 16.5. The van der Waals surface area contributed by atoms with E-state index in [1.165, 1.54) is 0 Å². The Hall–Kier alpha value is -1.40. The van der Waals surface area contributed by atoms with Crippen molar-refractivity contribution in [3.8, 4) is 6.07 Å². The third-order valence-electron chi connectivity index (χ3n) is 1.21.